The van der Waals surface area contributed by atoms with Crippen molar-refractivity contribution in [1.29, 1.82) is 0 Å². The zero-order valence-corrected chi connectivity index (χ0v) is 13.0. The van der Waals surface area contributed by atoms with E-state index in [1.165, 1.54) is 19.3 Å². The lowest BCUT2D eigenvalue weighted by Gasteiger charge is -2.36. The van der Waals surface area contributed by atoms with E-state index in [0.717, 1.165) is 29.5 Å². The van der Waals surface area contributed by atoms with E-state index in [2.05, 4.69) is 27.3 Å². The lowest BCUT2D eigenvalue weighted by molar-refractivity contribution is 0.233. The molecule has 4 nitrogen and oxygen atoms in total. The smallest absolute Gasteiger partial charge is 0.189 e. The van der Waals surface area contributed by atoms with E-state index in [9.17, 15) is 0 Å². The van der Waals surface area contributed by atoms with Gasteiger partial charge in [-0.05, 0) is 57.0 Å². The zero-order valence-electron chi connectivity index (χ0n) is 12.2. The van der Waals surface area contributed by atoms with Gasteiger partial charge in [0.05, 0.1) is 11.4 Å². The molecule has 1 aliphatic heterocycles. The predicted octanol–water partition coefficient (Wildman–Crippen LogP) is 2.94. The maximum Gasteiger partial charge on any atom is 0.189 e. The molecule has 1 saturated heterocycles. The number of thiocarbonyl (C=S) groups is 1. The Kier molecular flexibility index (Phi) is 5.47. The highest BCUT2D eigenvalue weighted by Gasteiger charge is 2.22. The van der Waals surface area contributed by atoms with Crippen molar-refractivity contribution < 1.29 is 0 Å². The number of aromatic nitrogens is 1. The number of hydrogen-bond donors (Lipinski definition) is 1. The van der Waals surface area contributed by atoms with E-state index >= 15 is 0 Å². The number of rotatable bonds is 3. The van der Waals surface area contributed by atoms with Gasteiger partial charge in [0.15, 0.2) is 5.11 Å². The van der Waals surface area contributed by atoms with Crippen molar-refractivity contribution in [3.8, 4) is 0 Å². The van der Waals surface area contributed by atoms with Crippen molar-refractivity contribution in [3.05, 3.63) is 30.1 Å². The Morgan fingerprint density at radius 1 is 1.50 bits per heavy atom. The van der Waals surface area contributed by atoms with Gasteiger partial charge in [-0.3, -0.25) is 10.4 Å². The van der Waals surface area contributed by atoms with Crippen LogP contribution >= 0.6 is 12.2 Å². The van der Waals surface area contributed by atoms with Crippen molar-refractivity contribution in [2.75, 3.05) is 6.54 Å². The molecule has 1 aliphatic rings. The Hall–Kier alpha value is -1.49. The van der Waals surface area contributed by atoms with E-state index in [-0.39, 0.29) is 0 Å². The molecule has 0 amide bonds. The summed E-state index contributed by atoms with van der Waals surface area (Å²) in [6.45, 7) is 5.18. The molecule has 0 aliphatic carbocycles. The first-order chi connectivity index (χ1) is 9.72. The highest BCUT2D eigenvalue weighted by Crippen LogP contribution is 2.19. The van der Waals surface area contributed by atoms with Crippen LogP contribution in [0.4, 0.5) is 0 Å². The van der Waals surface area contributed by atoms with Crippen LogP contribution < -0.4 is 5.43 Å². The molecular weight excluding hydrogens is 268 g/mol. The average molecular weight is 290 g/mol. The van der Waals surface area contributed by atoms with E-state index in [1.54, 1.807) is 6.20 Å². The molecule has 1 N–H and O–H groups in total. The van der Waals surface area contributed by atoms with Gasteiger partial charge in [-0.1, -0.05) is 13.0 Å². The molecule has 1 fully saturated rings. The van der Waals surface area contributed by atoms with Crippen molar-refractivity contribution in [3.63, 3.8) is 0 Å². The lowest BCUT2D eigenvalue weighted by atomic mass is 10.0. The van der Waals surface area contributed by atoms with Gasteiger partial charge in [0.2, 0.25) is 0 Å². The zero-order chi connectivity index (χ0) is 14.4. The molecule has 20 heavy (non-hydrogen) atoms. The van der Waals surface area contributed by atoms with E-state index in [0.29, 0.717) is 6.04 Å². The number of nitrogens with one attached hydrogen (secondary N) is 1. The lowest BCUT2D eigenvalue weighted by Crippen LogP contribution is -2.47. The second-order valence-electron chi connectivity index (χ2n) is 5.08. The molecule has 2 rings (SSSR count). The maximum absolute atomic E-state index is 5.47. The molecule has 1 aromatic rings. The number of hydrazone groups is 1. The van der Waals surface area contributed by atoms with Gasteiger partial charge < -0.3 is 4.90 Å². The molecule has 1 atom stereocenters. The highest BCUT2D eigenvalue weighted by atomic mass is 32.1. The molecular formula is C15H22N4S. The first-order valence-corrected chi connectivity index (χ1v) is 7.65. The van der Waals surface area contributed by atoms with Crippen LogP contribution in [-0.4, -0.2) is 33.3 Å². The molecule has 2 heterocycles. The molecule has 108 valence electrons. The molecule has 0 bridgehead atoms. The normalized spacial score (nSPS) is 19.8. The summed E-state index contributed by atoms with van der Waals surface area (Å²) in [7, 11) is 0. The summed E-state index contributed by atoms with van der Waals surface area (Å²) in [6.07, 6.45) is 6.63. The minimum Gasteiger partial charge on any atom is -0.345 e. The summed E-state index contributed by atoms with van der Waals surface area (Å²) in [5.41, 5.74) is 4.73. The fraction of sp³-hybridized carbons (Fsp3) is 0.533. The summed E-state index contributed by atoms with van der Waals surface area (Å²) in [6, 6.07) is 6.35. The Morgan fingerprint density at radius 3 is 3.05 bits per heavy atom. The van der Waals surface area contributed by atoms with Gasteiger partial charge in [0.1, 0.15) is 0 Å². The molecule has 0 aromatic carbocycles. The number of nitrogens with zero attached hydrogens (tertiary/aromatic N) is 3. The van der Waals surface area contributed by atoms with Gasteiger partial charge >= 0.3 is 0 Å². The molecule has 0 spiro atoms. The Labute approximate surface area is 126 Å². The fourth-order valence-corrected chi connectivity index (χ4v) is 2.81. The maximum atomic E-state index is 5.47. The fourth-order valence-electron chi connectivity index (χ4n) is 2.52. The van der Waals surface area contributed by atoms with Crippen LogP contribution in [0.3, 0.4) is 0 Å². The van der Waals surface area contributed by atoms with Crippen LogP contribution in [0.25, 0.3) is 0 Å². The first kappa shape index (κ1) is 14.9. The van der Waals surface area contributed by atoms with Crippen LogP contribution in [0.2, 0.25) is 0 Å². The van der Waals surface area contributed by atoms with Crippen molar-refractivity contribution in [1.82, 2.24) is 15.3 Å². The number of hydrogen-bond acceptors (Lipinski definition) is 3. The monoisotopic (exact) mass is 290 g/mol. The highest BCUT2D eigenvalue weighted by molar-refractivity contribution is 7.80. The van der Waals surface area contributed by atoms with Gasteiger partial charge in [-0.2, -0.15) is 5.10 Å². The third kappa shape index (κ3) is 3.76. The standard InChI is InChI=1S/C15H22N4S/c1-3-13-8-5-7-11-19(13)15(20)18-17-12(2)14-9-4-6-10-16-14/h4,6,9-10,13H,3,5,7-8,11H2,1-2H3,(H,18,20)/b17-12+/t13-/m1/s1. The minimum atomic E-state index is 0.550. The third-order valence-electron chi connectivity index (χ3n) is 3.71. The van der Waals surface area contributed by atoms with Crippen molar-refractivity contribution >= 4 is 23.0 Å². The summed E-state index contributed by atoms with van der Waals surface area (Å²) < 4.78 is 0. The Bertz CT molecular complexity index is 472. The molecule has 0 unspecified atom stereocenters. The third-order valence-corrected chi connectivity index (χ3v) is 4.04. The topological polar surface area (TPSA) is 40.5 Å². The van der Waals surface area contributed by atoms with Crippen LogP contribution in [-0.2, 0) is 0 Å². The number of piperidine rings is 1. The molecule has 1 aromatic heterocycles. The Balaban J connectivity index is 1.97. The van der Waals surface area contributed by atoms with Gasteiger partial charge in [-0.15, -0.1) is 0 Å². The van der Waals surface area contributed by atoms with E-state index in [4.69, 9.17) is 12.2 Å². The van der Waals surface area contributed by atoms with Crippen LogP contribution in [0.5, 0.6) is 0 Å². The molecule has 0 radical (unpaired) electrons. The van der Waals surface area contributed by atoms with E-state index < -0.39 is 0 Å². The summed E-state index contributed by atoms with van der Waals surface area (Å²) in [5, 5.41) is 5.09. The van der Waals surface area contributed by atoms with Crippen LogP contribution in [0.1, 0.15) is 45.2 Å². The van der Waals surface area contributed by atoms with Gasteiger partial charge in [0, 0.05) is 18.8 Å². The number of pyridine rings is 1. The second-order valence-corrected chi connectivity index (χ2v) is 5.47. The quantitative estimate of drug-likeness (QED) is 0.528. The average Bonchev–Trinajstić information content (AvgIpc) is 2.53. The van der Waals surface area contributed by atoms with Gasteiger partial charge in [-0.25, -0.2) is 0 Å². The predicted molar refractivity (Wildman–Crippen MR) is 86.8 cm³/mol. The summed E-state index contributed by atoms with van der Waals surface area (Å²) in [5.74, 6) is 0. The second kappa shape index (κ2) is 7.33. The number of likely N-dealkylation sites (tertiary alicyclic amines) is 1. The van der Waals surface area contributed by atoms with Gasteiger partial charge in [0.25, 0.3) is 0 Å². The molecule has 0 saturated carbocycles. The SMILES string of the molecule is CC[C@@H]1CCCCN1C(=S)N/N=C(\C)c1ccccn1. The molecule has 5 heteroatoms. The van der Waals surface area contributed by atoms with Crippen molar-refractivity contribution in [2.45, 2.75) is 45.6 Å². The Morgan fingerprint density at radius 2 is 2.35 bits per heavy atom. The van der Waals surface area contributed by atoms with Crippen molar-refractivity contribution in [2.24, 2.45) is 5.10 Å². The van der Waals surface area contributed by atoms with Crippen LogP contribution in [0.15, 0.2) is 29.5 Å². The summed E-state index contributed by atoms with van der Waals surface area (Å²) in [4.78, 5) is 6.54. The van der Waals surface area contributed by atoms with E-state index in [1.807, 2.05) is 25.1 Å². The minimum absolute atomic E-state index is 0.550. The van der Waals surface area contributed by atoms with Crippen LogP contribution in [0, 0.1) is 0 Å². The largest absolute Gasteiger partial charge is 0.345 e. The summed E-state index contributed by atoms with van der Waals surface area (Å²) >= 11 is 5.47. The first-order valence-electron chi connectivity index (χ1n) is 7.24.